The molecule has 3 aromatic carbocycles. The van der Waals surface area contributed by atoms with Gasteiger partial charge in [-0.05, 0) is 90.4 Å². The number of benzene rings is 3. The van der Waals surface area contributed by atoms with Crippen LogP contribution in [0.15, 0.2) is 72.8 Å². The average molecular weight is 617 g/mol. The molecule has 1 heterocycles. The molecular weight excluding hydrogens is 580 g/mol. The zero-order chi connectivity index (χ0) is 30.2. The molecule has 230 valence electrons. The zero-order valence-corrected chi connectivity index (χ0v) is 25.3. The van der Waals surface area contributed by atoms with Crippen LogP contribution >= 0.6 is 12.4 Å². The van der Waals surface area contributed by atoms with Crippen molar-refractivity contribution in [2.24, 2.45) is 17.6 Å². The SMILES string of the molecule is CNC(=O)c1ccccc1-c1ccc(C[C@H](NC(=O)[C@H]2CC[C@H](CN)CC2)C(=O)Nc2ccc(-c3nn[nH]n3)cc2)cc1.Cl. The first-order chi connectivity index (χ1) is 20.9. The second-order valence-corrected chi connectivity index (χ2v) is 10.8. The second kappa shape index (κ2) is 15.2. The number of aromatic nitrogens is 4. The lowest BCUT2D eigenvalue weighted by atomic mass is 9.81. The molecule has 5 rings (SSSR count). The predicted molar refractivity (Wildman–Crippen MR) is 171 cm³/mol. The van der Waals surface area contributed by atoms with Crippen LogP contribution in [0, 0.1) is 11.8 Å². The highest BCUT2D eigenvalue weighted by molar-refractivity contribution is 6.01. The first-order valence-electron chi connectivity index (χ1n) is 14.5. The summed E-state index contributed by atoms with van der Waals surface area (Å²) in [7, 11) is 1.61. The van der Waals surface area contributed by atoms with Gasteiger partial charge in [-0.3, -0.25) is 14.4 Å². The van der Waals surface area contributed by atoms with Gasteiger partial charge in [-0.2, -0.15) is 5.21 Å². The third kappa shape index (κ3) is 7.86. The molecule has 1 aliphatic rings. The van der Waals surface area contributed by atoms with Gasteiger partial charge in [0.15, 0.2) is 0 Å². The molecule has 0 unspecified atom stereocenters. The van der Waals surface area contributed by atoms with Gasteiger partial charge in [0.05, 0.1) is 0 Å². The van der Waals surface area contributed by atoms with Crippen LogP contribution in [-0.4, -0.2) is 58.0 Å². The Bertz CT molecular complexity index is 1540. The zero-order valence-electron chi connectivity index (χ0n) is 24.5. The van der Waals surface area contributed by atoms with Crippen LogP contribution in [0.1, 0.15) is 41.6 Å². The maximum atomic E-state index is 13.6. The Hall–Kier alpha value is -4.61. The number of tetrazole rings is 1. The number of hydrogen-bond acceptors (Lipinski definition) is 7. The Morgan fingerprint density at radius 3 is 2.25 bits per heavy atom. The van der Waals surface area contributed by atoms with Gasteiger partial charge in [0.1, 0.15) is 6.04 Å². The summed E-state index contributed by atoms with van der Waals surface area (Å²) < 4.78 is 0. The Morgan fingerprint density at radius 1 is 0.932 bits per heavy atom. The average Bonchev–Trinajstić information content (AvgIpc) is 3.60. The minimum atomic E-state index is -0.791. The molecule has 1 aromatic heterocycles. The van der Waals surface area contributed by atoms with E-state index in [1.807, 2.05) is 42.5 Å². The van der Waals surface area contributed by atoms with Crippen LogP contribution in [0.5, 0.6) is 0 Å². The molecule has 0 spiro atoms. The number of nitrogens with zero attached hydrogens (tertiary/aromatic N) is 3. The maximum absolute atomic E-state index is 13.6. The van der Waals surface area contributed by atoms with E-state index in [1.165, 1.54) is 0 Å². The van der Waals surface area contributed by atoms with Gasteiger partial charge in [-0.25, -0.2) is 0 Å². The van der Waals surface area contributed by atoms with Crippen LogP contribution in [0.4, 0.5) is 5.69 Å². The van der Waals surface area contributed by atoms with Crippen LogP contribution in [0.2, 0.25) is 0 Å². The lowest BCUT2D eigenvalue weighted by Crippen LogP contribution is -2.48. The summed E-state index contributed by atoms with van der Waals surface area (Å²) in [4.78, 5) is 39.3. The number of carbonyl (C=O) groups is 3. The first kappa shape index (κ1) is 32.3. The van der Waals surface area contributed by atoms with Crippen molar-refractivity contribution < 1.29 is 14.4 Å². The molecule has 3 amide bonds. The van der Waals surface area contributed by atoms with Gasteiger partial charge >= 0.3 is 0 Å². The van der Waals surface area contributed by atoms with Crippen LogP contribution in [0.25, 0.3) is 22.5 Å². The van der Waals surface area contributed by atoms with Crippen molar-refractivity contribution in [2.75, 3.05) is 18.9 Å². The molecule has 0 saturated heterocycles. The number of amides is 3. The molecule has 4 aromatic rings. The van der Waals surface area contributed by atoms with Gasteiger partial charge in [-0.1, -0.05) is 42.5 Å². The molecule has 44 heavy (non-hydrogen) atoms. The molecule has 12 heteroatoms. The molecular formula is C32H37ClN8O3. The number of hydrogen-bond donors (Lipinski definition) is 5. The summed E-state index contributed by atoms with van der Waals surface area (Å²) in [5.41, 5.74) is 10.3. The minimum absolute atomic E-state index is 0. The summed E-state index contributed by atoms with van der Waals surface area (Å²) in [6.45, 7) is 0.633. The van der Waals surface area contributed by atoms with E-state index in [9.17, 15) is 14.4 Å². The van der Waals surface area contributed by atoms with Crippen molar-refractivity contribution in [3.05, 3.63) is 83.9 Å². The van der Waals surface area contributed by atoms with Crippen molar-refractivity contribution >= 4 is 35.8 Å². The molecule has 0 radical (unpaired) electrons. The molecule has 1 fully saturated rings. The monoisotopic (exact) mass is 616 g/mol. The number of nitrogens with one attached hydrogen (secondary N) is 4. The molecule has 1 atom stereocenters. The third-order valence-electron chi connectivity index (χ3n) is 8.04. The van der Waals surface area contributed by atoms with Crippen LogP contribution < -0.4 is 21.7 Å². The standard InChI is InChI=1S/C32H36N8O3.ClH/c1-34-31(42)27-5-3-2-4-26(27)22-10-6-20(7-11-22)18-28(36-30(41)24-12-8-21(19-33)9-13-24)32(43)35-25-16-14-23(15-17-25)29-37-39-40-38-29;/h2-7,10-11,14-17,21,24,28H,8-9,12-13,18-19,33H2,1H3,(H,34,42)(H,35,43)(H,36,41)(H,37,38,39,40);1H/t21-,24-,28-;/m0./s1. The molecule has 6 N–H and O–H groups in total. The van der Waals surface area contributed by atoms with Crippen molar-refractivity contribution in [2.45, 2.75) is 38.1 Å². The van der Waals surface area contributed by atoms with Crippen molar-refractivity contribution in [1.29, 1.82) is 0 Å². The van der Waals surface area contributed by atoms with E-state index in [-0.39, 0.29) is 36.0 Å². The van der Waals surface area contributed by atoms with E-state index in [0.717, 1.165) is 47.9 Å². The van der Waals surface area contributed by atoms with E-state index >= 15 is 0 Å². The lowest BCUT2D eigenvalue weighted by Gasteiger charge is -2.28. The quantitative estimate of drug-likeness (QED) is 0.181. The van der Waals surface area contributed by atoms with Crippen molar-refractivity contribution in [3.63, 3.8) is 0 Å². The number of rotatable bonds is 10. The maximum Gasteiger partial charge on any atom is 0.251 e. The van der Waals surface area contributed by atoms with Gasteiger partial charge in [0.2, 0.25) is 17.6 Å². The Labute approximate surface area is 262 Å². The lowest BCUT2D eigenvalue weighted by molar-refractivity contribution is -0.130. The summed E-state index contributed by atoms with van der Waals surface area (Å²) in [6.07, 6.45) is 3.65. The molecule has 1 saturated carbocycles. The van der Waals surface area contributed by atoms with Crippen molar-refractivity contribution in [3.8, 4) is 22.5 Å². The van der Waals surface area contributed by atoms with Gasteiger partial charge in [-0.15, -0.1) is 22.6 Å². The van der Waals surface area contributed by atoms with E-state index in [0.29, 0.717) is 36.0 Å². The highest BCUT2D eigenvalue weighted by Crippen LogP contribution is 2.29. The fraction of sp³-hybridized carbons (Fsp3) is 0.312. The molecule has 1 aliphatic carbocycles. The predicted octanol–water partition coefficient (Wildman–Crippen LogP) is 3.75. The molecule has 0 aliphatic heterocycles. The second-order valence-electron chi connectivity index (χ2n) is 10.8. The number of carbonyl (C=O) groups excluding carboxylic acids is 3. The van der Waals surface area contributed by atoms with Gasteiger partial charge in [0, 0.05) is 36.2 Å². The summed E-state index contributed by atoms with van der Waals surface area (Å²) in [5.74, 6) is 0.171. The fourth-order valence-electron chi connectivity index (χ4n) is 5.50. The molecule has 0 bridgehead atoms. The summed E-state index contributed by atoms with van der Waals surface area (Å²) in [5, 5.41) is 22.6. The number of anilines is 1. The summed E-state index contributed by atoms with van der Waals surface area (Å²) >= 11 is 0. The van der Waals surface area contributed by atoms with Crippen molar-refractivity contribution in [1.82, 2.24) is 31.3 Å². The van der Waals surface area contributed by atoms with E-state index in [2.05, 4.69) is 36.6 Å². The number of aromatic amines is 1. The number of H-pyrrole nitrogens is 1. The fourth-order valence-corrected chi connectivity index (χ4v) is 5.50. The highest BCUT2D eigenvalue weighted by Gasteiger charge is 2.29. The summed E-state index contributed by atoms with van der Waals surface area (Å²) in [6, 6.07) is 21.4. The van der Waals surface area contributed by atoms with Gasteiger partial charge in [0.25, 0.3) is 5.91 Å². The van der Waals surface area contributed by atoms with Crippen LogP contribution in [-0.2, 0) is 16.0 Å². The minimum Gasteiger partial charge on any atom is -0.355 e. The highest BCUT2D eigenvalue weighted by atomic mass is 35.5. The largest absolute Gasteiger partial charge is 0.355 e. The molecule has 11 nitrogen and oxygen atoms in total. The number of halogens is 1. The topological polar surface area (TPSA) is 168 Å². The van der Waals surface area contributed by atoms with E-state index in [4.69, 9.17) is 5.73 Å². The first-order valence-corrected chi connectivity index (χ1v) is 14.5. The number of nitrogens with two attached hydrogens (primary N) is 1. The smallest absolute Gasteiger partial charge is 0.251 e. The van der Waals surface area contributed by atoms with E-state index < -0.39 is 6.04 Å². The Balaban J connectivity index is 0.00000442. The van der Waals surface area contributed by atoms with E-state index in [1.54, 1.807) is 37.4 Å². The Morgan fingerprint density at radius 2 is 1.61 bits per heavy atom. The normalized spacial score (nSPS) is 16.7. The van der Waals surface area contributed by atoms with Gasteiger partial charge < -0.3 is 21.7 Å². The Kier molecular flexibility index (Phi) is 11.2. The van der Waals surface area contributed by atoms with Crippen LogP contribution in [0.3, 0.4) is 0 Å². The third-order valence-corrected chi connectivity index (χ3v) is 8.04.